The van der Waals surface area contributed by atoms with Crippen LogP contribution in [0.25, 0.3) is 11.1 Å². The maximum atomic E-state index is 13.4. The van der Waals surface area contributed by atoms with Crippen LogP contribution >= 0.6 is 11.8 Å². The lowest BCUT2D eigenvalue weighted by molar-refractivity contribution is -0.146. The summed E-state index contributed by atoms with van der Waals surface area (Å²) in [4.78, 5) is 30.4. The van der Waals surface area contributed by atoms with Gasteiger partial charge in [0.05, 0.1) is 6.61 Å². The summed E-state index contributed by atoms with van der Waals surface area (Å²) in [6, 6.07) is 18.7. The van der Waals surface area contributed by atoms with Crippen LogP contribution in [0.3, 0.4) is 0 Å². The van der Waals surface area contributed by atoms with E-state index in [2.05, 4.69) is 29.5 Å². The van der Waals surface area contributed by atoms with Crippen molar-refractivity contribution in [3.05, 3.63) is 84.2 Å². The molecule has 0 saturated heterocycles. The van der Waals surface area contributed by atoms with Gasteiger partial charge in [-0.15, -0.1) is 0 Å². The van der Waals surface area contributed by atoms with Crippen LogP contribution in [0, 0.1) is 5.92 Å². The van der Waals surface area contributed by atoms with Crippen molar-refractivity contribution >= 4 is 29.3 Å². The van der Waals surface area contributed by atoms with Gasteiger partial charge in [0.25, 0.3) is 5.91 Å². The van der Waals surface area contributed by atoms with Gasteiger partial charge in [0.2, 0.25) is 0 Å². The van der Waals surface area contributed by atoms with E-state index in [1.807, 2.05) is 67.0 Å². The maximum Gasteiger partial charge on any atom is 0.328 e. The molecule has 0 spiro atoms. The summed E-state index contributed by atoms with van der Waals surface area (Å²) in [5.74, 6) is 0.511. The Morgan fingerprint density at radius 1 is 1.03 bits per heavy atom. The van der Waals surface area contributed by atoms with Gasteiger partial charge >= 0.3 is 5.97 Å². The minimum Gasteiger partial charge on any atom is -0.464 e. The number of nitrogens with zero attached hydrogens (tertiary/aromatic N) is 1. The zero-order valence-corrected chi connectivity index (χ0v) is 22.0. The normalized spacial score (nSPS) is 11.7. The van der Waals surface area contributed by atoms with E-state index in [4.69, 9.17) is 4.74 Å². The average Bonchev–Trinajstić information content (AvgIpc) is 2.90. The molecule has 1 aromatic heterocycles. The Morgan fingerprint density at radius 2 is 1.83 bits per heavy atom. The first kappa shape index (κ1) is 27.3. The molecule has 1 unspecified atom stereocenters. The van der Waals surface area contributed by atoms with Crippen molar-refractivity contribution in [1.82, 2.24) is 10.3 Å². The molecule has 36 heavy (non-hydrogen) atoms. The van der Waals surface area contributed by atoms with Gasteiger partial charge in [-0.25, -0.2) is 4.79 Å². The Hall–Kier alpha value is -3.32. The molecule has 0 bridgehead atoms. The van der Waals surface area contributed by atoms with E-state index in [1.165, 1.54) is 0 Å². The number of nitrogens with one attached hydrogen (secondary N) is 2. The van der Waals surface area contributed by atoms with Gasteiger partial charge in [0.1, 0.15) is 6.04 Å². The van der Waals surface area contributed by atoms with Crippen LogP contribution in [0.15, 0.2) is 73.1 Å². The molecule has 0 radical (unpaired) electrons. The number of anilines is 1. The fourth-order valence-electron chi connectivity index (χ4n) is 3.63. The molecule has 7 heteroatoms. The molecule has 1 amide bonds. The number of carbonyl (C=O) groups excluding carboxylic acids is 2. The number of amides is 1. The summed E-state index contributed by atoms with van der Waals surface area (Å²) >= 11 is 1.63. The summed E-state index contributed by atoms with van der Waals surface area (Å²) in [6.45, 7) is 5.14. The van der Waals surface area contributed by atoms with E-state index in [-0.39, 0.29) is 11.9 Å². The number of benzene rings is 2. The van der Waals surface area contributed by atoms with Crippen LogP contribution in [0.4, 0.5) is 5.69 Å². The van der Waals surface area contributed by atoms with E-state index in [9.17, 15) is 9.59 Å². The number of carbonyl (C=O) groups is 2. The molecule has 3 aromatic rings. The highest BCUT2D eigenvalue weighted by Crippen LogP contribution is 2.28. The van der Waals surface area contributed by atoms with Gasteiger partial charge in [-0.3, -0.25) is 9.78 Å². The highest BCUT2D eigenvalue weighted by Gasteiger charge is 2.24. The highest BCUT2D eigenvalue weighted by molar-refractivity contribution is 7.98. The first-order chi connectivity index (χ1) is 17.5. The molecule has 0 fully saturated rings. The lowest BCUT2D eigenvalue weighted by Crippen LogP contribution is -2.42. The van der Waals surface area contributed by atoms with Gasteiger partial charge < -0.3 is 15.4 Å². The first-order valence-electron chi connectivity index (χ1n) is 12.3. The molecule has 1 heterocycles. The third kappa shape index (κ3) is 8.41. The maximum absolute atomic E-state index is 13.4. The van der Waals surface area contributed by atoms with Crippen molar-refractivity contribution in [2.24, 2.45) is 5.92 Å². The van der Waals surface area contributed by atoms with Gasteiger partial charge in [0.15, 0.2) is 0 Å². The lowest BCUT2D eigenvalue weighted by Gasteiger charge is -2.19. The van der Waals surface area contributed by atoms with Gasteiger partial charge in [-0.05, 0) is 71.7 Å². The van der Waals surface area contributed by atoms with Gasteiger partial charge in [-0.1, -0.05) is 50.2 Å². The molecule has 1 atom stereocenters. The monoisotopic (exact) mass is 505 g/mol. The number of esters is 1. The second-order valence-corrected chi connectivity index (χ2v) is 9.98. The second kappa shape index (κ2) is 14.3. The molecule has 190 valence electrons. The van der Waals surface area contributed by atoms with Crippen LogP contribution in [0.5, 0.6) is 0 Å². The van der Waals surface area contributed by atoms with E-state index >= 15 is 0 Å². The minimum atomic E-state index is -0.691. The first-order valence-corrected chi connectivity index (χ1v) is 13.7. The molecule has 0 saturated carbocycles. The van der Waals surface area contributed by atoms with E-state index in [0.29, 0.717) is 31.1 Å². The number of hydrogen-bond donors (Lipinski definition) is 2. The Bertz CT molecular complexity index is 1110. The molecular formula is C29H35N3O3S. The Labute approximate surface area is 218 Å². The third-order valence-corrected chi connectivity index (χ3v) is 6.35. The third-order valence-electron chi connectivity index (χ3n) is 5.71. The number of hydrogen-bond acceptors (Lipinski definition) is 6. The van der Waals surface area contributed by atoms with Gasteiger partial charge in [-0.2, -0.15) is 11.8 Å². The Balaban J connectivity index is 1.81. The Kier molecular flexibility index (Phi) is 10.8. The van der Waals surface area contributed by atoms with E-state index in [1.54, 1.807) is 24.0 Å². The fraction of sp³-hybridized carbons (Fsp3) is 0.345. The van der Waals surface area contributed by atoms with Crippen molar-refractivity contribution in [2.45, 2.75) is 39.3 Å². The average molecular weight is 506 g/mol. The SMILES string of the molecule is CSCCC(NC(=O)c1ccc(NCc2cccnc2)cc1-c1ccccc1)C(=O)OCCC(C)C. The van der Waals surface area contributed by atoms with Crippen LogP contribution in [0.1, 0.15) is 42.6 Å². The lowest BCUT2D eigenvalue weighted by atomic mass is 9.98. The fourth-order valence-corrected chi connectivity index (χ4v) is 4.10. The minimum absolute atomic E-state index is 0.292. The number of aromatic nitrogens is 1. The molecule has 6 nitrogen and oxygen atoms in total. The van der Waals surface area contributed by atoms with Crippen molar-refractivity contribution in [2.75, 3.05) is 23.9 Å². The van der Waals surface area contributed by atoms with Gasteiger partial charge in [0, 0.05) is 30.2 Å². The predicted octanol–water partition coefficient (Wildman–Crippen LogP) is 5.80. The smallest absolute Gasteiger partial charge is 0.328 e. The summed E-state index contributed by atoms with van der Waals surface area (Å²) < 4.78 is 5.48. The number of pyridine rings is 1. The molecule has 2 N–H and O–H groups in total. The summed E-state index contributed by atoms with van der Waals surface area (Å²) in [5.41, 5.74) is 4.18. The van der Waals surface area contributed by atoms with Crippen LogP contribution in [0.2, 0.25) is 0 Å². The zero-order valence-electron chi connectivity index (χ0n) is 21.2. The van der Waals surface area contributed by atoms with E-state index in [0.717, 1.165) is 34.6 Å². The van der Waals surface area contributed by atoms with E-state index < -0.39 is 6.04 Å². The van der Waals surface area contributed by atoms with Crippen LogP contribution in [-0.4, -0.2) is 41.5 Å². The number of rotatable bonds is 13. The van der Waals surface area contributed by atoms with Crippen molar-refractivity contribution in [1.29, 1.82) is 0 Å². The summed E-state index contributed by atoms with van der Waals surface area (Å²) in [6.07, 6.45) is 6.85. The summed E-state index contributed by atoms with van der Waals surface area (Å²) in [5, 5.41) is 6.35. The predicted molar refractivity (Wildman–Crippen MR) is 148 cm³/mol. The molecule has 0 aliphatic rings. The molecule has 0 aliphatic heterocycles. The molecule has 0 aliphatic carbocycles. The number of ether oxygens (including phenoxy) is 1. The Morgan fingerprint density at radius 3 is 2.53 bits per heavy atom. The molecule has 2 aromatic carbocycles. The second-order valence-electron chi connectivity index (χ2n) is 9.00. The van der Waals surface area contributed by atoms with Crippen LogP contribution < -0.4 is 10.6 Å². The number of thioether (sulfide) groups is 1. The largest absolute Gasteiger partial charge is 0.464 e. The van der Waals surface area contributed by atoms with Crippen molar-refractivity contribution < 1.29 is 14.3 Å². The summed E-state index contributed by atoms with van der Waals surface area (Å²) in [7, 11) is 0. The van der Waals surface area contributed by atoms with Crippen LogP contribution in [-0.2, 0) is 16.1 Å². The molecule has 3 rings (SSSR count). The molecular weight excluding hydrogens is 470 g/mol. The quantitative estimate of drug-likeness (QED) is 0.286. The van der Waals surface area contributed by atoms with Crippen molar-refractivity contribution in [3.63, 3.8) is 0 Å². The zero-order chi connectivity index (χ0) is 25.8. The standard InChI is InChI=1S/C29H35N3O3S/c1-21(2)13-16-35-29(34)27(14-17-36-3)32-28(33)25-12-11-24(31-20-22-8-7-15-30-19-22)18-26(25)23-9-5-4-6-10-23/h4-12,15,18-19,21,27,31H,13-14,16-17,20H2,1-3H3,(H,32,33). The highest BCUT2D eigenvalue weighted by atomic mass is 32.2. The topological polar surface area (TPSA) is 80.3 Å². The van der Waals surface area contributed by atoms with Crippen molar-refractivity contribution in [3.8, 4) is 11.1 Å².